The molecule has 0 fully saturated rings. The molecule has 0 rings (SSSR count). The van der Waals surface area contributed by atoms with Gasteiger partial charge in [-0.15, -0.1) is 0 Å². The summed E-state index contributed by atoms with van der Waals surface area (Å²) in [7, 11) is 1.17. The Labute approximate surface area is 78.7 Å². The highest BCUT2D eigenvalue weighted by Gasteiger charge is 2.28. The maximum absolute atomic E-state index is 11.5. The van der Waals surface area contributed by atoms with E-state index in [1.807, 2.05) is 0 Å². The number of hydrogen-bond donors (Lipinski definition) is 0. The van der Waals surface area contributed by atoms with E-state index >= 15 is 0 Å². The average molecular weight is 213 g/mol. The molecule has 82 valence electrons. The number of rotatable bonds is 4. The van der Waals surface area contributed by atoms with E-state index in [-0.39, 0.29) is 12.1 Å². The van der Waals surface area contributed by atoms with Crippen LogP contribution in [-0.2, 0) is 14.4 Å². The molecule has 0 aromatic carbocycles. The highest BCUT2D eigenvalue weighted by Crippen LogP contribution is 2.14. The van der Waals surface area contributed by atoms with Crippen molar-refractivity contribution in [1.82, 2.24) is 0 Å². The van der Waals surface area contributed by atoms with Crippen molar-refractivity contribution >= 4 is 11.7 Å². The minimum absolute atomic E-state index is 0.126. The lowest BCUT2D eigenvalue weighted by atomic mass is 10.3. The number of carbonyl (C=O) groups is 1. The van der Waals surface area contributed by atoms with Crippen LogP contribution < -0.4 is 0 Å². The standard InChI is InChI=1S/C7H10F3NO3/c1-5(3-6(12)13-2)11-14-4-7(8,9)10/h3-4H2,1-2H3. The number of esters is 1. The Morgan fingerprint density at radius 3 is 2.43 bits per heavy atom. The molecule has 0 N–H and O–H groups in total. The van der Waals surface area contributed by atoms with E-state index in [9.17, 15) is 18.0 Å². The molecule has 0 unspecified atom stereocenters. The Bertz CT molecular complexity index is 225. The van der Waals surface area contributed by atoms with E-state index in [0.717, 1.165) is 0 Å². The summed E-state index contributed by atoms with van der Waals surface area (Å²) in [5.74, 6) is -0.582. The first-order valence-electron chi connectivity index (χ1n) is 3.64. The molecule has 0 aliphatic heterocycles. The Balaban J connectivity index is 3.83. The van der Waals surface area contributed by atoms with Crippen molar-refractivity contribution < 1.29 is 27.5 Å². The third kappa shape index (κ3) is 7.38. The van der Waals surface area contributed by atoms with Crippen LogP contribution in [0.5, 0.6) is 0 Å². The van der Waals surface area contributed by atoms with Gasteiger partial charge in [-0.25, -0.2) is 0 Å². The van der Waals surface area contributed by atoms with Crippen molar-refractivity contribution in [3.63, 3.8) is 0 Å². The fourth-order valence-corrected chi connectivity index (χ4v) is 0.529. The molecular formula is C7H10F3NO3. The maximum Gasteiger partial charge on any atom is 0.425 e. The molecule has 0 saturated carbocycles. The molecule has 0 aromatic rings. The Kier molecular flexibility index (Phi) is 4.96. The molecule has 7 heteroatoms. The molecule has 0 radical (unpaired) electrons. The molecule has 0 atom stereocenters. The second-order valence-corrected chi connectivity index (χ2v) is 2.47. The van der Waals surface area contributed by atoms with E-state index < -0.39 is 18.8 Å². The average Bonchev–Trinajstić information content (AvgIpc) is 2.01. The van der Waals surface area contributed by atoms with Gasteiger partial charge in [0.15, 0.2) is 0 Å². The summed E-state index contributed by atoms with van der Waals surface area (Å²) in [6, 6.07) is 0. The van der Waals surface area contributed by atoms with Crippen LogP contribution in [0.4, 0.5) is 13.2 Å². The van der Waals surface area contributed by atoms with E-state index in [2.05, 4.69) is 14.7 Å². The van der Waals surface area contributed by atoms with Crippen LogP contribution in [0.1, 0.15) is 13.3 Å². The lowest BCUT2D eigenvalue weighted by molar-refractivity contribution is -0.173. The first-order valence-corrected chi connectivity index (χ1v) is 3.64. The van der Waals surface area contributed by atoms with Crippen LogP contribution in [0, 0.1) is 0 Å². The predicted octanol–water partition coefficient (Wildman–Crippen LogP) is 1.50. The summed E-state index contributed by atoms with van der Waals surface area (Å²) in [6.07, 6.45) is -4.61. The van der Waals surface area contributed by atoms with Crippen molar-refractivity contribution in [3.05, 3.63) is 0 Å². The third-order valence-electron chi connectivity index (χ3n) is 1.08. The second-order valence-electron chi connectivity index (χ2n) is 2.47. The van der Waals surface area contributed by atoms with Gasteiger partial charge in [0.25, 0.3) is 0 Å². The van der Waals surface area contributed by atoms with Crippen LogP contribution in [0.2, 0.25) is 0 Å². The molecule has 4 nitrogen and oxygen atoms in total. The zero-order valence-corrected chi connectivity index (χ0v) is 7.72. The fraction of sp³-hybridized carbons (Fsp3) is 0.714. The zero-order valence-electron chi connectivity index (χ0n) is 7.72. The number of nitrogens with zero attached hydrogens (tertiary/aromatic N) is 1. The van der Waals surface area contributed by atoms with Gasteiger partial charge >= 0.3 is 12.1 Å². The molecule has 0 aliphatic rings. The van der Waals surface area contributed by atoms with Crippen molar-refractivity contribution in [2.45, 2.75) is 19.5 Å². The van der Waals surface area contributed by atoms with E-state index in [4.69, 9.17) is 0 Å². The first-order chi connectivity index (χ1) is 6.35. The highest BCUT2D eigenvalue weighted by atomic mass is 19.4. The minimum Gasteiger partial charge on any atom is -0.469 e. The van der Waals surface area contributed by atoms with Crippen LogP contribution in [0.3, 0.4) is 0 Å². The maximum atomic E-state index is 11.5. The van der Waals surface area contributed by atoms with Crippen LogP contribution in [0.25, 0.3) is 0 Å². The number of alkyl halides is 3. The van der Waals surface area contributed by atoms with Gasteiger partial charge < -0.3 is 9.57 Å². The number of oxime groups is 1. The van der Waals surface area contributed by atoms with Gasteiger partial charge in [-0.1, -0.05) is 5.16 Å². The van der Waals surface area contributed by atoms with E-state index in [0.29, 0.717) is 0 Å². The summed E-state index contributed by atoms with van der Waals surface area (Å²) in [4.78, 5) is 14.6. The van der Waals surface area contributed by atoms with Gasteiger partial charge in [0, 0.05) is 0 Å². The van der Waals surface area contributed by atoms with Gasteiger partial charge in [-0.05, 0) is 6.92 Å². The largest absolute Gasteiger partial charge is 0.469 e. The van der Waals surface area contributed by atoms with Crippen LogP contribution in [-0.4, -0.2) is 31.6 Å². The molecule has 0 aliphatic carbocycles. The van der Waals surface area contributed by atoms with Gasteiger partial charge in [0.2, 0.25) is 6.61 Å². The Morgan fingerprint density at radius 1 is 1.43 bits per heavy atom. The lowest BCUT2D eigenvalue weighted by Gasteiger charge is -2.04. The first kappa shape index (κ1) is 12.7. The number of halogens is 3. The number of hydrogen-bond acceptors (Lipinski definition) is 4. The monoisotopic (exact) mass is 213 g/mol. The van der Waals surface area contributed by atoms with E-state index in [1.54, 1.807) is 0 Å². The predicted molar refractivity (Wildman–Crippen MR) is 41.7 cm³/mol. The van der Waals surface area contributed by atoms with Crippen molar-refractivity contribution in [2.75, 3.05) is 13.7 Å². The molecule has 0 amide bonds. The molecular weight excluding hydrogens is 203 g/mol. The Hall–Kier alpha value is -1.27. The van der Waals surface area contributed by atoms with Crippen LogP contribution >= 0.6 is 0 Å². The van der Waals surface area contributed by atoms with Crippen LogP contribution in [0.15, 0.2) is 5.16 Å². The van der Waals surface area contributed by atoms with Gasteiger partial charge in [-0.2, -0.15) is 13.2 Å². The fourth-order valence-electron chi connectivity index (χ4n) is 0.529. The highest BCUT2D eigenvalue weighted by molar-refractivity contribution is 5.97. The van der Waals surface area contributed by atoms with Crippen molar-refractivity contribution in [1.29, 1.82) is 0 Å². The number of carbonyl (C=O) groups excluding carboxylic acids is 1. The summed E-state index contributed by atoms with van der Waals surface area (Å²) < 4.78 is 38.9. The topological polar surface area (TPSA) is 47.9 Å². The molecule has 0 saturated heterocycles. The second kappa shape index (κ2) is 5.46. The normalized spacial score (nSPS) is 12.5. The molecule has 0 heterocycles. The molecule has 0 bridgehead atoms. The molecule has 0 aromatic heterocycles. The number of ether oxygens (including phenoxy) is 1. The quantitative estimate of drug-likeness (QED) is 0.404. The van der Waals surface area contributed by atoms with Gasteiger partial charge in [0.05, 0.1) is 19.2 Å². The Morgan fingerprint density at radius 2 is 2.00 bits per heavy atom. The molecule has 14 heavy (non-hydrogen) atoms. The summed E-state index contributed by atoms with van der Waals surface area (Å²) in [5, 5.41) is 3.09. The number of methoxy groups -OCH3 is 1. The van der Waals surface area contributed by atoms with Gasteiger partial charge in [-0.3, -0.25) is 4.79 Å². The van der Waals surface area contributed by atoms with E-state index in [1.165, 1.54) is 14.0 Å². The SMILES string of the molecule is COC(=O)CC(C)=NOCC(F)(F)F. The van der Waals surface area contributed by atoms with Crippen molar-refractivity contribution in [3.8, 4) is 0 Å². The third-order valence-corrected chi connectivity index (χ3v) is 1.08. The smallest absolute Gasteiger partial charge is 0.425 e. The van der Waals surface area contributed by atoms with Crippen molar-refractivity contribution in [2.24, 2.45) is 5.16 Å². The molecule has 0 spiro atoms. The summed E-state index contributed by atoms with van der Waals surface area (Å²) in [5.41, 5.74) is 0.126. The lowest BCUT2D eigenvalue weighted by Crippen LogP contribution is -2.16. The zero-order chi connectivity index (χ0) is 11.2. The summed E-state index contributed by atoms with van der Waals surface area (Å²) >= 11 is 0. The van der Waals surface area contributed by atoms with Gasteiger partial charge in [0.1, 0.15) is 0 Å². The minimum atomic E-state index is -4.42. The summed E-state index contributed by atoms with van der Waals surface area (Å²) in [6.45, 7) is -0.0984.